The standard InChI is InChI=1S/C28H26O10/c1-38-18-10-9-15(8-7-14-5-3-2-4-6-14)16-11-26(35)13-27(36)12-17(29)20(25(33)34)23(31)28(27,37)24(32)21(26)22(30)19(16)18/h5,9-10,30-31,35-37H,2-4,6,11-13H2,1H3,(H,33,34)/t26-,27+,28-/m0/s1. The molecule has 4 aliphatic carbocycles. The molecule has 198 valence electrons. The minimum absolute atomic E-state index is 0.0350. The summed E-state index contributed by atoms with van der Waals surface area (Å²) < 4.78 is 5.38. The molecule has 0 amide bonds. The van der Waals surface area contributed by atoms with Crippen LogP contribution < -0.4 is 4.74 Å². The fourth-order valence-corrected chi connectivity index (χ4v) is 6.06. The van der Waals surface area contributed by atoms with E-state index in [0.717, 1.165) is 31.3 Å². The van der Waals surface area contributed by atoms with Crippen LogP contribution in [0.2, 0.25) is 0 Å². The van der Waals surface area contributed by atoms with Gasteiger partial charge in [0.05, 0.1) is 18.2 Å². The molecule has 0 spiro atoms. The Labute approximate surface area is 217 Å². The van der Waals surface area contributed by atoms with Gasteiger partial charge in [-0.15, -0.1) is 0 Å². The van der Waals surface area contributed by atoms with Gasteiger partial charge in [0, 0.05) is 24.8 Å². The zero-order chi connectivity index (χ0) is 27.6. The van der Waals surface area contributed by atoms with E-state index in [1.54, 1.807) is 6.07 Å². The maximum Gasteiger partial charge on any atom is 0.342 e. The summed E-state index contributed by atoms with van der Waals surface area (Å²) in [7, 11) is 1.34. The monoisotopic (exact) mass is 522 g/mol. The molecule has 0 aromatic heterocycles. The predicted octanol–water partition coefficient (Wildman–Crippen LogP) is 1.41. The number of fused-ring (bicyclic) bond motifs is 3. The Bertz CT molecular complexity index is 1470. The lowest BCUT2D eigenvalue weighted by Gasteiger charge is -2.54. The van der Waals surface area contributed by atoms with Crippen molar-refractivity contribution in [3.05, 3.63) is 57.4 Å². The van der Waals surface area contributed by atoms with Crippen LogP contribution in [0.4, 0.5) is 0 Å². The van der Waals surface area contributed by atoms with Crippen molar-refractivity contribution in [3.8, 4) is 17.6 Å². The lowest BCUT2D eigenvalue weighted by atomic mass is 9.55. The van der Waals surface area contributed by atoms with Gasteiger partial charge < -0.3 is 35.4 Å². The maximum absolute atomic E-state index is 13.7. The Balaban J connectivity index is 1.73. The average molecular weight is 523 g/mol. The summed E-state index contributed by atoms with van der Waals surface area (Å²) in [6.45, 7) is 0. The number of hydrogen-bond acceptors (Lipinski definition) is 9. The molecule has 0 radical (unpaired) electrons. The van der Waals surface area contributed by atoms with E-state index in [9.17, 15) is 45.0 Å². The highest BCUT2D eigenvalue weighted by Gasteiger charge is 2.71. The highest BCUT2D eigenvalue weighted by atomic mass is 16.5. The van der Waals surface area contributed by atoms with Gasteiger partial charge in [-0.25, -0.2) is 4.79 Å². The zero-order valence-electron chi connectivity index (χ0n) is 20.5. The normalized spacial score (nSPS) is 30.5. The lowest BCUT2D eigenvalue weighted by molar-refractivity contribution is -0.200. The van der Waals surface area contributed by atoms with E-state index in [1.807, 2.05) is 0 Å². The molecule has 5 rings (SSSR count). The van der Waals surface area contributed by atoms with Crippen molar-refractivity contribution >= 4 is 23.3 Å². The second kappa shape index (κ2) is 8.56. The number of methoxy groups -OCH3 is 1. The quantitative estimate of drug-likeness (QED) is 0.245. The van der Waals surface area contributed by atoms with Crippen molar-refractivity contribution in [2.24, 2.45) is 0 Å². The lowest BCUT2D eigenvalue weighted by Crippen LogP contribution is -2.72. The molecule has 3 atom stereocenters. The Morgan fingerprint density at radius 1 is 1.05 bits per heavy atom. The molecule has 1 aromatic rings. The van der Waals surface area contributed by atoms with E-state index < -0.39 is 69.8 Å². The fraction of sp³-hybridized carbons (Fsp3) is 0.393. The van der Waals surface area contributed by atoms with Crippen molar-refractivity contribution in [3.63, 3.8) is 0 Å². The SMILES string of the molecule is COc1ccc(C#CC2=CCCCC2)c2c1C(O)=C1C(=O)[C@@]3(O)C(O)=C(C(=O)O)C(=O)C[C@@]3(O)C[C@@]1(O)C2. The number of allylic oxidation sites excluding steroid dienone is 2. The van der Waals surface area contributed by atoms with Crippen LogP contribution in [0.3, 0.4) is 0 Å². The van der Waals surface area contributed by atoms with E-state index >= 15 is 0 Å². The molecule has 10 heteroatoms. The highest BCUT2D eigenvalue weighted by molar-refractivity contribution is 6.22. The van der Waals surface area contributed by atoms with Gasteiger partial charge in [-0.1, -0.05) is 17.9 Å². The van der Waals surface area contributed by atoms with Gasteiger partial charge in [0.1, 0.15) is 28.3 Å². The van der Waals surface area contributed by atoms with Crippen molar-refractivity contribution in [2.75, 3.05) is 7.11 Å². The second-order valence-corrected chi connectivity index (χ2v) is 10.2. The molecule has 1 fully saturated rings. The van der Waals surface area contributed by atoms with E-state index in [4.69, 9.17) is 4.74 Å². The Morgan fingerprint density at radius 2 is 1.79 bits per heavy atom. The molecule has 4 aliphatic rings. The van der Waals surface area contributed by atoms with Crippen LogP contribution in [0.5, 0.6) is 5.75 Å². The van der Waals surface area contributed by atoms with Crippen LogP contribution >= 0.6 is 0 Å². The summed E-state index contributed by atoms with van der Waals surface area (Å²) >= 11 is 0. The number of hydrogen-bond donors (Lipinski definition) is 6. The van der Waals surface area contributed by atoms with Gasteiger partial charge >= 0.3 is 5.97 Å². The summed E-state index contributed by atoms with van der Waals surface area (Å²) in [6, 6.07) is 3.17. The summed E-state index contributed by atoms with van der Waals surface area (Å²) in [5.41, 5.74) is -8.57. The van der Waals surface area contributed by atoms with Crippen LogP contribution in [-0.4, -0.2) is 72.1 Å². The first-order valence-corrected chi connectivity index (χ1v) is 12.1. The number of carbonyl (C=O) groups is 3. The first kappa shape index (κ1) is 25.7. The highest BCUT2D eigenvalue weighted by Crippen LogP contribution is 2.55. The molecular weight excluding hydrogens is 496 g/mol. The summed E-state index contributed by atoms with van der Waals surface area (Å²) in [4.78, 5) is 37.8. The number of aliphatic carboxylic acids is 1. The topological polar surface area (TPSA) is 182 Å². The molecule has 0 bridgehead atoms. The molecule has 1 saturated carbocycles. The van der Waals surface area contributed by atoms with Gasteiger partial charge in [0.15, 0.2) is 11.5 Å². The maximum atomic E-state index is 13.7. The molecule has 0 heterocycles. The van der Waals surface area contributed by atoms with Crippen LogP contribution in [0.1, 0.15) is 55.2 Å². The number of carbonyl (C=O) groups excluding carboxylic acids is 2. The first-order valence-electron chi connectivity index (χ1n) is 12.1. The summed E-state index contributed by atoms with van der Waals surface area (Å²) in [5, 5.41) is 65.7. The average Bonchev–Trinajstić information content (AvgIpc) is 2.85. The number of aliphatic hydroxyl groups is 5. The number of Topliss-reactive ketones (excluding diaryl/α,β-unsaturated/α-hetero) is 2. The van der Waals surface area contributed by atoms with Crippen LogP contribution in [0.15, 0.2) is 40.7 Å². The van der Waals surface area contributed by atoms with Gasteiger partial charge in [0.2, 0.25) is 11.4 Å². The molecule has 6 N–H and O–H groups in total. The third kappa shape index (κ3) is 3.43. The number of ketones is 2. The number of benzene rings is 1. The van der Waals surface area contributed by atoms with Gasteiger partial charge in [-0.3, -0.25) is 9.59 Å². The molecule has 0 unspecified atom stereocenters. The third-order valence-corrected chi connectivity index (χ3v) is 7.89. The Morgan fingerprint density at radius 3 is 2.42 bits per heavy atom. The molecule has 0 saturated heterocycles. The largest absolute Gasteiger partial charge is 0.508 e. The van der Waals surface area contributed by atoms with Crippen LogP contribution in [0.25, 0.3) is 5.76 Å². The molecule has 1 aromatic carbocycles. The minimum atomic E-state index is -3.29. The van der Waals surface area contributed by atoms with E-state index in [2.05, 4.69) is 17.9 Å². The van der Waals surface area contributed by atoms with Crippen molar-refractivity contribution < 1.29 is 49.8 Å². The Hall–Kier alpha value is -3.91. The third-order valence-electron chi connectivity index (χ3n) is 7.89. The molecular formula is C28H26O10. The molecule has 10 nitrogen and oxygen atoms in total. The fourth-order valence-electron chi connectivity index (χ4n) is 6.06. The predicted molar refractivity (Wildman–Crippen MR) is 131 cm³/mol. The zero-order valence-corrected chi connectivity index (χ0v) is 20.5. The summed E-state index contributed by atoms with van der Waals surface area (Å²) in [5.74, 6) is -0.647. The van der Waals surface area contributed by atoms with Gasteiger partial charge in [-0.2, -0.15) is 0 Å². The molecule has 38 heavy (non-hydrogen) atoms. The van der Waals surface area contributed by atoms with E-state index in [1.165, 1.54) is 13.2 Å². The van der Waals surface area contributed by atoms with Crippen molar-refractivity contribution in [1.29, 1.82) is 0 Å². The van der Waals surface area contributed by atoms with Crippen molar-refractivity contribution in [1.82, 2.24) is 0 Å². The number of carboxylic acids is 1. The van der Waals surface area contributed by atoms with Gasteiger partial charge in [-0.05, 0) is 49.0 Å². The number of carboxylic acid groups (broad SMARTS) is 1. The molecule has 0 aliphatic heterocycles. The summed E-state index contributed by atoms with van der Waals surface area (Å²) in [6.07, 6.45) is 3.64. The van der Waals surface area contributed by atoms with Crippen LogP contribution in [0, 0.1) is 11.8 Å². The minimum Gasteiger partial charge on any atom is -0.508 e. The number of ether oxygens (including phenoxy) is 1. The first-order chi connectivity index (χ1) is 17.9. The van der Waals surface area contributed by atoms with Crippen LogP contribution in [-0.2, 0) is 20.8 Å². The smallest absolute Gasteiger partial charge is 0.342 e. The number of aliphatic hydroxyl groups excluding tert-OH is 2. The van der Waals surface area contributed by atoms with E-state index in [0.29, 0.717) is 11.1 Å². The Kier molecular flexibility index (Phi) is 5.80. The van der Waals surface area contributed by atoms with E-state index in [-0.39, 0.29) is 17.7 Å². The second-order valence-electron chi connectivity index (χ2n) is 10.2. The number of rotatable bonds is 2. The van der Waals surface area contributed by atoms with Gasteiger partial charge in [0.25, 0.3) is 0 Å². The van der Waals surface area contributed by atoms with Crippen molar-refractivity contribution in [2.45, 2.75) is 61.7 Å².